The average Bonchev–Trinajstić information content (AvgIpc) is 3.21. The number of carbonyl (C=O) groups excluding carboxylic acids is 4. The zero-order valence-corrected chi connectivity index (χ0v) is 13.3. The van der Waals surface area contributed by atoms with Crippen molar-refractivity contribution in [3.63, 3.8) is 0 Å². The van der Waals surface area contributed by atoms with E-state index in [-0.39, 0.29) is 44.0 Å². The number of hydrogen-bond acceptors (Lipinski definition) is 5. The molecule has 0 saturated carbocycles. The Hall–Kier alpha value is -2.42. The van der Waals surface area contributed by atoms with Gasteiger partial charge in [0.2, 0.25) is 11.8 Å². The lowest BCUT2D eigenvalue weighted by atomic mass is 10.1. The second kappa shape index (κ2) is 7.00. The summed E-state index contributed by atoms with van der Waals surface area (Å²) >= 11 is 0. The summed E-state index contributed by atoms with van der Waals surface area (Å²) in [6.07, 6.45) is 4.03. The third-order valence-electron chi connectivity index (χ3n) is 4.36. The molecule has 9 nitrogen and oxygen atoms in total. The molecule has 9 heteroatoms. The predicted octanol–water partition coefficient (Wildman–Crippen LogP) is -1.45. The van der Waals surface area contributed by atoms with Gasteiger partial charge in [-0.05, 0) is 0 Å². The number of nitrogens with one attached hydrogen (secondary N) is 1. The fourth-order valence-electron chi connectivity index (χ4n) is 3.01. The van der Waals surface area contributed by atoms with Gasteiger partial charge >= 0.3 is 6.03 Å². The second-order valence-corrected chi connectivity index (χ2v) is 5.93. The van der Waals surface area contributed by atoms with Crippen LogP contribution >= 0.6 is 0 Å². The summed E-state index contributed by atoms with van der Waals surface area (Å²) in [7, 11) is 0. The molecule has 2 saturated heterocycles. The molecule has 0 spiro atoms. The van der Waals surface area contributed by atoms with Crippen molar-refractivity contribution in [2.24, 2.45) is 0 Å². The highest BCUT2D eigenvalue weighted by Crippen LogP contribution is 2.15. The van der Waals surface area contributed by atoms with Crippen LogP contribution in [0.25, 0.3) is 0 Å². The van der Waals surface area contributed by atoms with E-state index in [1.54, 1.807) is 9.80 Å². The molecule has 3 aliphatic heterocycles. The van der Waals surface area contributed by atoms with Crippen LogP contribution in [0.3, 0.4) is 0 Å². The van der Waals surface area contributed by atoms with Crippen LogP contribution in [-0.4, -0.2) is 90.4 Å². The van der Waals surface area contributed by atoms with Crippen molar-refractivity contribution >= 4 is 23.8 Å². The maximum atomic E-state index is 12.5. The molecule has 3 aliphatic rings. The molecule has 0 radical (unpaired) electrons. The van der Waals surface area contributed by atoms with Gasteiger partial charge < -0.3 is 19.9 Å². The maximum Gasteiger partial charge on any atom is 0.325 e. The van der Waals surface area contributed by atoms with Crippen LogP contribution in [-0.2, 0) is 19.1 Å². The van der Waals surface area contributed by atoms with E-state index in [9.17, 15) is 19.2 Å². The second-order valence-electron chi connectivity index (χ2n) is 5.93. The first-order valence-corrected chi connectivity index (χ1v) is 7.94. The average molecular weight is 336 g/mol. The van der Waals surface area contributed by atoms with Gasteiger partial charge in [0.05, 0.1) is 25.8 Å². The maximum absolute atomic E-state index is 12.5. The monoisotopic (exact) mass is 336 g/mol. The number of amides is 5. The minimum absolute atomic E-state index is 0.0386. The number of imide groups is 1. The smallest absolute Gasteiger partial charge is 0.325 e. The number of carbonyl (C=O) groups is 4. The number of nitrogens with zero attached hydrogens (tertiary/aromatic N) is 3. The van der Waals surface area contributed by atoms with Crippen LogP contribution in [0.1, 0.15) is 6.42 Å². The summed E-state index contributed by atoms with van der Waals surface area (Å²) in [5.41, 5.74) is 0. The summed E-state index contributed by atoms with van der Waals surface area (Å²) in [6.45, 7) is 1.78. The fraction of sp³-hybridized carbons (Fsp3) is 0.600. The first-order valence-electron chi connectivity index (χ1n) is 7.94. The molecule has 0 unspecified atom stereocenters. The Bertz CT molecular complexity index is 566. The van der Waals surface area contributed by atoms with E-state index in [1.165, 1.54) is 0 Å². The van der Waals surface area contributed by atoms with Crippen molar-refractivity contribution in [3.05, 3.63) is 12.2 Å². The van der Waals surface area contributed by atoms with Crippen molar-refractivity contribution < 1.29 is 23.9 Å². The van der Waals surface area contributed by atoms with Crippen LogP contribution in [0.15, 0.2) is 12.2 Å². The molecule has 130 valence electrons. The number of hydrogen-bond donors (Lipinski definition) is 1. The van der Waals surface area contributed by atoms with Crippen LogP contribution in [0.5, 0.6) is 0 Å². The molecule has 0 bridgehead atoms. The zero-order chi connectivity index (χ0) is 17.1. The number of rotatable bonds is 4. The first kappa shape index (κ1) is 16.4. The van der Waals surface area contributed by atoms with Gasteiger partial charge in [0.1, 0.15) is 6.54 Å². The summed E-state index contributed by atoms with van der Waals surface area (Å²) in [4.78, 5) is 52.1. The van der Waals surface area contributed by atoms with Crippen molar-refractivity contribution in [2.75, 3.05) is 45.9 Å². The lowest BCUT2D eigenvalue weighted by Crippen LogP contribution is -2.53. The van der Waals surface area contributed by atoms with E-state index in [0.717, 1.165) is 4.90 Å². The minimum atomic E-state index is -0.558. The van der Waals surface area contributed by atoms with Gasteiger partial charge in [-0.1, -0.05) is 12.2 Å². The topological polar surface area (TPSA) is 99.3 Å². The van der Waals surface area contributed by atoms with Gasteiger partial charge in [0, 0.05) is 26.1 Å². The quantitative estimate of drug-likeness (QED) is 0.500. The minimum Gasteiger partial charge on any atom is -0.377 e. The van der Waals surface area contributed by atoms with E-state index in [4.69, 9.17) is 4.74 Å². The predicted molar refractivity (Wildman–Crippen MR) is 81.8 cm³/mol. The van der Waals surface area contributed by atoms with Gasteiger partial charge in [-0.2, -0.15) is 0 Å². The van der Waals surface area contributed by atoms with Crippen molar-refractivity contribution in [1.29, 1.82) is 0 Å². The van der Waals surface area contributed by atoms with Crippen LogP contribution in [0.2, 0.25) is 0 Å². The fourth-order valence-corrected chi connectivity index (χ4v) is 3.01. The highest BCUT2D eigenvalue weighted by Gasteiger charge is 2.35. The lowest BCUT2D eigenvalue weighted by Gasteiger charge is -2.36. The Labute approximate surface area is 139 Å². The number of morpholine rings is 1. The van der Waals surface area contributed by atoms with E-state index in [1.807, 2.05) is 12.2 Å². The summed E-state index contributed by atoms with van der Waals surface area (Å²) in [5, 5.41) is 2.38. The Kier molecular flexibility index (Phi) is 4.79. The molecule has 3 rings (SSSR count). The van der Waals surface area contributed by atoms with Crippen LogP contribution in [0, 0.1) is 0 Å². The largest absolute Gasteiger partial charge is 0.377 e. The number of urea groups is 1. The molecule has 24 heavy (non-hydrogen) atoms. The molecular weight excluding hydrogens is 316 g/mol. The highest BCUT2D eigenvalue weighted by molar-refractivity contribution is 6.04. The van der Waals surface area contributed by atoms with Crippen LogP contribution in [0.4, 0.5) is 4.79 Å². The molecule has 2 fully saturated rings. The van der Waals surface area contributed by atoms with Gasteiger partial charge in [-0.15, -0.1) is 0 Å². The van der Waals surface area contributed by atoms with E-state index < -0.39 is 11.9 Å². The van der Waals surface area contributed by atoms with Crippen LogP contribution < -0.4 is 5.32 Å². The summed E-state index contributed by atoms with van der Waals surface area (Å²) < 4.78 is 5.40. The molecule has 1 atom stereocenters. The SMILES string of the molecule is O=C(C[C@@H]1COCCN1C(=O)CN1C(=O)CNC1=O)N1CC=CC1. The van der Waals surface area contributed by atoms with E-state index in [2.05, 4.69) is 5.32 Å². The Balaban J connectivity index is 1.61. The van der Waals surface area contributed by atoms with E-state index in [0.29, 0.717) is 26.2 Å². The highest BCUT2D eigenvalue weighted by atomic mass is 16.5. The van der Waals surface area contributed by atoms with Gasteiger partial charge in [0.15, 0.2) is 0 Å². The third-order valence-corrected chi connectivity index (χ3v) is 4.36. The molecular formula is C15H20N4O5. The van der Waals surface area contributed by atoms with Gasteiger partial charge in [0.25, 0.3) is 5.91 Å². The van der Waals surface area contributed by atoms with Crippen molar-refractivity contribution in [2.45, 2.75) is 12.5 Å². The molecule has 0 aromatic rings. The Morgan fingerprint density at radius 2 is 1.96 bits per heavy atom. The Morgan fingerprint density at radius 1 is 1.21 bits per heavy atom. The molecule has 3 heterocycles. The normalized spacial score (nSPS) is 23.8. The molecule has 0 aromatic heterocycles. The molecule has 0 aromatic carbocycles. The third kappa shape index (κ3) is 3.40. The summed E-state index contributed by atoms with van der Waals surface area (Å²) in [6, 6.07) is -0.933. The van der Waals surface area contributed by atoms with Gasteiger partial charge in [-0.3, -0.25) is 19.3 Å². The first-order chi connectivity index (χ1) is 11.6. The molecule has 5 amide bonds. The Morgan fingerprint density at radius 3 is 2.62 bits per heavy atom. The molecule has 0 aliphatic carbocycles. The molecule has 1 N–H and O–H groups in total. The van der Waals surface area contributed by atoms with E-state index >= 15 is 0 Å². The standard InChI is InChI=1S/C15H20N4O5/c20-12(17-3-1-2-4-17)7-11-10-24-6-5-18(11)14(22)9-19-13(21)8-16-15(19)23/h1-2,11H,3-10H2,(H,16,23)/t11-/m1/s1. The van der Waals surface area contributed by atoms with Gasteiger partial charge in [-0.25, -0.2) is 4.79 Å². The number of ether oxygens (including phenoxy) is 1. The van der Waals surface area contributed by atoms with Crippen molar-refractivity contribution in [1.82, 2.24) is 20.0 Å². The van der Waals surface area contributed by atoms with Crippen molar-refractivity contribution in [3.8, 4) is 0 Å². The summed E-state index contributed by atoms with van der Waals surface area (Å²) in [5.74, 6) is -0.804. The lowest BCUT2D eigenvalue weighted by molar-refractivity contribution is -0.146. The zero-order valence-electron chi connectivity index (χ0n) is 13.3.